The van der Waals surface area contributed by atoms with Crippen LogP contribution in [0.1, 0.15) is 23.4 Å². The van der Waals surface area contributed by atoms with Gasteiger partial charge in [-0.2, -0.15) is 5.10 Å². The van der Waals surface area contributed by atoms with Crippen molar-refractivity contribution in [1.82, 2.24) is 9.78 Å². The van der Waals surface area contributed by atoms with Gasteiger partial charge in [-0.05, 0) is 38.0 Å². The molecule has 6 heteroatoms. The number of nitrogens with one attached hydrogen (secondary N) is 1. The molecular formula is C16H19N3O3. The second-order valence-electron chi connectivity index (χ2n) is 5.39. The van der Waals surface area contributed by atoms with Gasteiger partial charge in [-0.15, -0.1) is 0 Å². The first-order chi connectivity index (χ1) is 10.5. The van der Waals surface area contributed by atoms with E-state index in [-0.39, 0.29) is 12.7 Å². The van der Waals surface area contributed by atoms with E-state index in [1.807, 2.05) is 31.6 Å². The molecule has 3 rings (SSSR count). The fourth-order valence-corrected chi connectivity index (χ4v) is 2.62. The Kier molecular flexibility index (Phi) is 3.75. The van der Waals surface area contributed by atoms with Crippen molar-refractivity contribution in [2.45, 2.75) is 26.7 Å². The van der Waals surface area contributed by atoms with E-state index in [9.17, 15) is 4.79 Å². The van der Waals surface area contributed by atoms with Crippen molar-refractivity contribution in [2.24, 2.45) is 7.05 Å². The summed E-state index contributed by atoms with van der Waals surface area (Å²) in [5.41, 5.74) is 3.95. The summed E-state index contributed by atoms with van der Waals surface area (Å²) in [4.78, 5) is 12.1. The lowest BCUT2D eigenvalue weighted by molar-refractivity contribution is -0.116. The molecule has 2 heterocycles. The number of amides is 1. The van der Waals surface area contributed by atoms with Gasteiger partial charge in [0.25, 0.3) is 0 Å². The Bertz CT molecular complexity index is 722. The number of carbonyl (C=O) groups is 1. The first-order valence-electron chi connectivity index (χ1n) is 7.23. The lowest BCUT2D eigenvalue weighted by Gasteiger charge is -2.06. The minimum absolute atomic E-state index is 0.0264. The van der Waals surface area contributed by atoms with Crippen LogP contribution >= 0.6 is 0 Å². The van der Waals surface area contributed by atoms with Crippen molar-refractivity contribution in [2.75, 3.05) is 12.1 Å². The second-order valence-corrected chi connectivity index (χ2v) is 5.39. The van der Waals surface area contributed by atoms with Gasteiger partial charge < -0.3 is 14.8 Å². The van der Waals surface area contributed by atoms with Crippen molar-refractivity contribution in [1.29, 1.82) is 0 Å². The Labute approximate surface area is 129 Å². The maximum Gasteiger partial charge on any atom is 0.231 e. The highest BCUT2D eigenvalue weighted by Crippen LogP contribution is 2.34. The molecule has 1 aromatic carbocycles. The third kappa shape index (κ3) is 2.77. The monoisotopic (exact) mass is 301 g/mol. The molecule has 2 aromatic rings. The SMILES string of the molecule is Cc1nn(C)c(C)c1CCC(=O)Nc1ccc2c(c1)OCO2. The predicted molar refractivity (Wildman–Crippen MR) is 82.2 cm³/mol. The number of ether oxygens (including phenoxy) is 2. The number of benzene rings is 1. The number of aromatic nitrogens is 2. The smallest absolute Gasteiger partial charge is 0.231 e. The molecule has 0 atom stereocenters. The molecule has 0 saturated carbocycles. The molecule has 0 unspecified atom stereocenters. The van der Waals surface area contributed by atoms with Crippen LogP contribution in [0, 0.1) is 13.8 Å². The number of carbonyl (C=O) groups excluding carboxylic acids is 1. The van der Waals surface area contributed by atoms with Crippen LogP contribution < -0.4 is 14.8 Å². The highest BCUT2D eigenvalue weighted by atomic mass is 16.7. The molecule has 0 fully saturated rings. The van der Waals surface area contributed by atoms with E-state index in [0.29, 0.717) is 30.0 Å². The summed E-state index contributed by atoms with van der Waals surface area (Å²) in [6.45, 7) is 4.22. The molecule has 0 radical (unpaired) electrons. The average molecular weight is 301 g/mol. The van der Waals surface area contributed by atoms with Gasteiger partial charge in [-0.1, -0.05) is 0 Å². The third-order valence-corrected chi connectivity index (χ3v) is 3.92. The van der Waals surface area contributed by atoms with Crippen LogP contribution in [0.4, 0.5) is 5.69 Å². The average Bonchev–Trinajstić information content (AvgIpc) is 3.02. The molecule has 1 aromatic heterocycles. The largest absolute Gasteiger partial charge is 0.454 e. The van der Waals surface area contributed by atoms with Gasteiger partial charge in [0.2, 0.25) is 12.7 Å². The number of anilines is 1. The van der Waals surface area contributed by atoms with Crippen molar-refractivity contribution in [3.8, 4) is 11.5 Å². The van der Waals surface area contributed by atoms with Crippen molar-refractivity contribution in [3.05, 3.63) is 35.2 Å². The van der Waals surface area contributed by atoms with Gasteiger partial charge in [0.05, 0.1) is 5.69 Å². The Balaban J connectivity index is 1.61. The molecule has 0 aliphatic carbocycles. The number of fused-ring (bicyclic) bond motifs is 1. The lowest BCUT2D eigenvalue weighted by atomic mass is 10.1. The summed E-state index contributed by atoms with van der Waals surface area (Å²) in [5, 5.41) is 7.25. The molecule has 0 spiro atoms. The molecule has 1 aliphatic rings. The number of nitrogens with zero attached hydrogens (tertiary/aromatic N) is 2. The molecule has 1 aliphatic heterocycles. The Morgan fingerprint density at radius 1 is 1.32 bits per heavy atom. The predicted octanol–water partition coefficient (Wildman–Crippen LogP) is 2.34. The van der Waals surface area contributed by atoms with E-state index < -0.39 is 0 Å². The first-order valence-corrected chi connectivity index (χ1v) is 7.23. The number of hydrogen-bond donors (Lipinski definition) is 1. The highest BCUT2D eigenvalue weighted by molar-refractivity contribution is 5.91. The first kappa shape index (κ1) is 14.4. The van der Waals surface area contributed by atoms with E-state index in [1.54, 1.807) is 12.1 Å². The minimum Gasteiger partial charge on any atom is -0.454 e. The summed E-state index contributed by atoms with van der Waals surface area (Å²) < 4.78 is 12.4. The third-order valence-electron chi connectivity index (χ3n) is 3.92. The molecule has 0 saturated heterocycles. The molecule has 1 amide bonds. The Morgan fingerprint density at radius 2 is 2.09 bits per heavy atom. The molecule has 22 heavy (non-hydrogen) atoms. The van der Waals surface area contributed by atoms with E-state index >= 15 is 0 Å². The molecule has 1 N–H and O–H groups in total. The fraction of sp³-hybridized carbons (Fsp3) is 0.375. The summed E-state index contributed by atoms with van der Waals surface area (Å²) in [5.74, 6) is 1.35. The number of aryl methyl sites for hydroxylation is 2. The zero-order valence-corrected chi connectivity index (χ0v) is 13.0. The summed E-state index contributed by atoms with van der Waals surface area (Å²) >= 11 is 0. The zero-order chi connectivity index (χ0) is 15.7. The second kappa shape index (κ2) is 5.71. The van der Waals surface area contributed by atoms with Crippen LogP contribution in [0.3, 0.4) is 0 Å². The summed E-state index contributed by atoms with van der Waals surface area (Å²) in [6.07, 6.45) is 1.10. The van der Waals surface area contributed by atoms with Crippen molar-refractivity contribution >= 4 is 11.6 Å². The van der Waals surface area contributed by atoms with E-state index in [0.717, 1.165) is 17.0 Å². The van der Waals surface area contributed by atoms with Crippen LogP contribution in [-0.4, -0.2) is 22.5 Å². The van der Waals surface area contributed by atoms with E-state index in [1.165, 1.54) is 0 Å². The van der Waals surface area contributed by atoms with Gasteiger partial charge >= 0.3 is 0 Å². The maximum absolute atomic E-state index is 12.1. The van der Waals surface area contributed by atoms with Crippen molar-refractivity contribution < 1.29 is 14.3 Å². The molecule has 0 bridgehead atoms. The normalized spacial score (nSPS) is 12.5. The number of rotatable bonds is 4. The lowest BCUT2D eigenvalue weighted by Crippen LogP contribution is -2.12. The van der Waals surface area contributed by atoms with Crippen LogP contribution in [0.2, 0.25) is 0 Å². The highest BCUT2D eigenvalue weighted by Gasteiger charge is 2.15. The molecule has 6 nitrogen and oxygen atoms in total. The van der Waals surface area contributed by atoms with E-state index in [4.69, 9.17) is 9.47 Å². The summed E-state index contributed by atoms with van der Waals surface area (Å²) in [6, 6.07) is 5.39. The standard InChI is InChI=1S/C16H19N3O3/c1-10-13(11(2)19(3)18-10)5-7-16(20)17-12-4-6-14-15(8-12)22-9-21-14/h4,6,8H,5,7,9H2,1-3H3,(H,17,20). The minimum atomic E-state index is -0.0264. The maximum atomic E-state index is 12.1. The quantitative estimate of drug-likeness (QED) is 0.941. The molecule has 116 valence electrons. The van der Waals surface area contributed by atoms with Gasteiger partial charge in [0, 0.05) is 30.9 Å². The Morgan fingerprint density at radius 3 is 2.82 bits per heavy atom. The summed E-state index contributed by atoms with van der Waals surface area (Å²) in [7, 11) is 1.92. The van der Waals surface area contributed by atoms with Crippen LogP contribution in [0.5, 0.6) is 11.5 Å². The van der Waals surface area contributed by atoms with Crippen molar-refractivity contribution in [3.63, 3.8) is 0 Å². The van der Waals surface area contributed by atoms with Crippen LogP contribution in [0.25, 0.3) is 0 Å². The Hall–Kier alpha value is -2.50. The molecular weight excluding hydrogens is 282 g/mol. The topological polar surface area (TPSA) is 65.4 Å². The van der Waals surface area contributed by atoms with Gasteiger partial charge in [-0.3, -0.25) is 9.48 Å². The van der Waals surface area contributed by atoms with Crippen LogP contribution in [0.15, 0.2) is 18.2 Å². The van der Waals surface area contributed by atoms with Gasteiger partial charge in [0.15, 0.2) is 11.5 Å². The van der Waals surface area contributed by atoms with Gasteiger partial charge in [-0.25, -0.2) is 0 Å². The van der Waals surface area contributed by atoms with Gasteiger partial charge in [0.1, 0.15) is 0 Å². The zero-order valence-electron chi connectivity index (χ0n) is 13.0. The fourth-order valence-electron chi connectivity index (χ4n) is 2.62. The van der Waals surface area contributed by atoms with Crippen LogP contribution in [-0.2, 0) is 18.3 Å². The number of hydrogen-bond acceptors (Lipinski definition) is 4. The van der Waals surface area contributed by atoms with E-state index in [2.05, 4.69) is 10.4 Å².